The van der Waals surface area contributed by atoms with Gasteiger partial charge in [-0.2, -0.15) is 0 Å². The molecule has 35 heavy (non-hydrogen) atoms. The van der Waals surface area contributed by atoms with E-state index >= 15 is 0 Å². The van der Waals surface area contributed by atoms with E-state index in [-0.39, 0.29) is 23.3 Å². The molecule has 3 nitrogen and oxygen atoms in total. The summed E-state index contributed by atoms with van der Waals surface area (Å²) < 4.78 is 13.8. The van der Waals surface area contributed by atoms with Crippen molar-refractivity contribution < 1.29 is 9.16 Å². The maximum Gasteiger partial charge on any atom is 0.192 e. The largest absolute Gasteiger partial charge is 0.410 e. The smallest absolute Gasteiger partial charge is 0.192 e. The normalized spacial score (nSPS) is 21.3. The molecule has 4 heteroatoms. The van der Waals surface area contributed by atoms with Crippen LogP contribution in [0.4, 0.5) is 0 Å². The van der Waals surface area contributed by atoms with E-state index in [4.69, 9.17) is 9.16 Å². The topological polar surface area (TPSA) is 21.7 Å². The minimum Gasteiger partial charge on any atom is -0.410 e. The fraction of sp³-hybridized carbons (Fsp3) is 0.419. The maximum atomic E-state index is 7.07. The number of rotatable bonds is 9. The van der Waals surface area contributed by atoms with E-state index in [1.165, 1.54) is 16.7 Å². The van der Waals surface area contributed by atoms with Gasteiger partial charge in [0.15, 0.2) is 8.32 Å². The molecule has 186 valence electrons. The zero-order chi connectivity index (χ0) is 24.9. The first-order valence-electron chi connectivity index (χ1n) is 12.9. The van der Waals surface area contributed by atoms with E-state index in [9.17, 15) is 0 Å². The summed E-state index contributed by atoms with van der Waals surface area (Å²) in [6.45, 7) is 14.1. The molecule has 0 aliphatic carbocycles. The summed E-state index contributed by atoms with van der Waals surface area (Å²) in [6, 6.07) is 32.4. The van der Waals surface area contributed by atoms with Crippen LogP contribution in [0.15, 0.2) is 91.0 Å². The van der Waals surface area contributed by atoms with Crippen molar-refractivity contribution in [2.24, 2.45) is 0 Å². The Morgan fingerprint density at radius 2 is 1.29 bits per heavy atom. The van der Waals surface area contributed by atoms with Crippen LogP contribution in [0.3, 0.4) is 0 Å². The Morgan fingerprint density at radius 3 is 1.83 bits per heavy atom. The summed E-state index contributed by atoms with van der Waals surface area (Å²) in [5.41, 5.74) is 3.88. The van der Waals surface area contributed by atoms with Crippen LogP contribution in [0.2, 0.25) is 18.1 Å². The van der Waals surface area contributed by atoms with E-state index < -0.39 is 8.32 Å². The van der Waals surface area contributed by atoms with Crippen LogP contribution >= 0.6 is 0 Å². The van der Waals surface area contributed by atoms with Gasteiger partial charge in [-0.15, -0.1) is 0 Å². The highest BCUT2D eigenvalue weighted by atomic mass is 28.4. The Hall–Kier alpha value is -2.24. The van der Waals surface area contributed by atoms with Gasteiger partial charge in [0, 0.05) is 19.1 Å². The molecule has 0 amide bonds. The van der Waals surface area contributed by atoms with Gasteiger partial charge in [0.25, 0.3) is 0 Å². The second-order valence-electron chi connectivity index (χ2n) is 11.3. The van der Waals surface area contributed by atoms with Gasteiger partial charge in [-0.1, -0.05) is 112 Å². The molecule has 4 rings (SSSR count). The van der Waals surface area contributed by atoms with Crippen molar-refractivity contribution in [2.45, 2.75) is 76.7 Å². The molecular weight excluding hydrogens is 446 g/mol. The van der Waals surface area contributed by atoms with Gasteiger partial charge < -0.3 is 9.16 Å². The second kappa shape index (κ2) is 11.2. The van der Waals surface area contributed by atoms with Crippen LogP contribution in [0.1, 0.15) is 37.5 Å². The van der Waals surface area contributed by atoms with E-state index in [0.717, 1.165) is 19.5 Å². The van der Waals surface area contributed by atoms with Crippen molar-refractivity contribution in [3.05, 3.63) is 108 Å². The maximum absolute atomic E-state index is 7.07. The monoisotopic (exact) mass is 487 g/mol. The van der Waals surface area contributed by atoms with Gasteiger partial charge in [0.2, 0.25) is 0 Å². The summed E-state index contributed by atoms with van der Waals surface area (Å²) in [7, 11) is -1.97. The molecule has 1 saturated heterocycles. The highest BCUT2D eigenvalue weighted by molar-refractivity contribution is 6.74. The van der Waals surface area contributed by atoms with Crippen molar-refractivity contribution in [1.82, 2.24) is 4.90 Å². The third-order valence-corrected chi connectivity index (χ3v) is 12.2. The molecule has 3 aromatic carbocycles. The lowest BCUT2D eigenvalue weighted by atomic mass is 10.0. The third kappa shape index (κ3) is 6.71. The van der Waals surface area contributed by atoms with E-state index in [1.54, 1.807) is 0 Å². The summed E-state index contributed by atoms with van der Waals surface area (Å²) in [5, 5.41) is 0.152. The fourth-order valence-electron chi connectivity index (χ4n) is 4.67. The number of hydrogen-bond donors (Lipinski definition) is 0. The Labute approximate surface area is 213 Å². The van der Waals surface area contributed by atoms with E-state index in [0.29, 0.717) is 6.61 Å². The second-order valence-corrected chi connectivity index (χ2v) is 16.1. The van der Waals surface area contributed by atoms with Crippen LogP contribution in [-0.4, -0.2) is 38.0 Å². The average Bonchev–Trinajstić information content (AvgIpc) is 3.13. The molecule has 0 unspecified atom stereocenters. The zero-order valence-electron chi connectivity index (χ0n) is 22.0. The lowest BCUT2D eigenvalue weighted by Gasteiger charge is -2.39. The molecule has 1 fully saturated rings. The minimum absolute atomic E-state index is 0.00764. The number of likely N-dealkylation sites (tertiary alicyclic amines) is 1. The van der Waals surface area contributed by atoms with Crippen LogP contribution in [0, 0.1) is 0 Å². The summed E-state index contributed by atoms with van der Waals surface area (Å²) in [4.78, 5) is 2.59. The molecule has 0 saturated carbocycles. The summed E-state index contributed by atoms with van der Waals surface area (Å²) >= 11 is 0. The molecule has 3 aromatic rings. The van der Waals surface area contributed by atoms with Crippen molar-refractivity contribution in [1.29, 1.82) is 0 Å². The van der Waals surface area contributed by atoms with Crippen LogP contribution in [-0.2, 0) is 28.7 Å². The Morgan fingerprint density at radius 1 is 0.771 bits per heavy atom. The fourth-order valence-corrected chi connectivity index (χ4v) is 5.99. The molecular formula is C31H41NO2Si. The van der Waals surface area contributed by atoms with Crippen molar-refractivity contribution in [3.8, 4) is 0 Å². The van der Waals surface area contributed by atoms with Gasteiger partial charge in [-0.05, 0) is 41.2 Å². The van der Waals surface area contributed by atoms with Gasteiger partial charge >= 0.3 is 0 Å². The first kappa shape index (κ1) is 25.8. The number of benzene rings is 3. The highest BCUT2D eigenvalue weighted by Crippen LogP contribution is 2.40. The predicted molar refractivity (Wildman–Crippen MR) is 148 cm³/mol. The first-order chi connectivity index (χ1) is 16.7. The highest BCUT2D eigenvalue weighted by Gasteiger charge is 2.48. The van der Waals surface area contributed by atoms with Crippen molar-refractivity contribution in [2.75, 3.05) is 6.54 Å². The Kier molecular flexibility index (Phi) is 8.28. The van der Waals surface area contributed by atoms with Crippen LogP contribution < -0.4 is 0 Å². The zero-order valence-corrected chi connectivity index (χ0v) is 23.0. The van der Waals surface area contributed by atoms with Gasteiger partial charge in [-0.25, -0.2) is 0 Å². The lowest BCUT2D eigenvalue weighted by molar-refractivity contribution is -0.0322. The number of ether oxygens (including phenoxy) is 1. The SMILES string of the molecule is CC(C)(C)[Si](C)(C)O[C@H]1CN(Cc2ccccc2)[C@H](Cc2ccccc2)[C@@H]1OCc1ccccc1. The van der Waals surface area contributed by atoms with Gasteiger partial charge in [0.1, 0.15) is 0 Å². The number of nitrogens with zero attached hydrogens (tertiary/aromatic N) is 1. The molecule has 0 spiro atoms. The Bertz CT molecular complexity index is 1030. The van der Waals surface area contributed by atoms with Crippen LogP contribution in [0.25, 0.3) is 0 Å². The quantitative estimate of drug-likeness (QED) is 0.301. The van der Waals surface area contributed by atoms with Gasteiger partial charge in [0.05, 0.1) is 18.8 Å². The summed E-state index contributed by atoms with van der Waals surface area (Å²) in [5.74, 6) is 0. The molecule has 0 bridgehead atoms. The molecule has 0 radical (unpaired) electrons. The van der Waals surface area contributed by atoms with Gasteiger partial charge in [-0.3, -0.25) is 4.90 Å². The standard InChI is InChI=1S/C31H41NO2Si/c1-31(2,3)35(4,5)34-29-23-32(22-26-17-11-7-12-18-26)28(21-25-15-9-6-10-16-25)30(29)33-24-27-19-13-8-14-20-27/h6-20,28-30H,21-24H2,1-5H3/t28-,29+,30+/m1/s1. The predicted octanol–water partition coefficient (Wildman–Crippen LogP) is 7.09. The van der Waals surface area contributed by atoms with E-state index in [2.05, 4.69) is 130 Å². The molecule has 0 aromatic heterocycles. The first-order valence-corrected chi connectivity index (χ1v) is 15.8. The molecule has 1 aliphatic rings. The van der Waals surface area contributed by atoms with E-state index in [1.807, 2.05) is 0 Å². The number of hydrogen-bond acceptors (Lipinski definition) is 3. The third-order valence-electron chi connectivity index (χ3n) is 7.68. The lowest BCUT2D eigenvalue weighted by Crippen LogP contribution is -2.48. The molecule has 3 atom stereocenters. The molecule has 1 heterocycles. The molecule has 1 aliphatic heterocycles. The van der Waals surface area contributed by atoms with Crippen molar-refractivity contribution in [3.63, 3.8) is 0 Å². The summed E-state index contributed by atoms with van der Waals surface area (Å²) in [6.07, 6.45) is 1.01. The minimum atomic E-state index is -1.97. The molecule has 0 N–H and O–H groups in total. The van der Waals surface area contributed by atoms with Crippen molar-refractivity contribution >= 4 is 8.32 Å². The van der Waals surface area contributed by atoms with Crippen LogP contribution in [0.5, 0.6) is 0 Å². The Balaban J connectivity index is 1.64. The average molecular weight is 488 g/mol.